The minimum atomic E-state index is -0.145. The van der Waals surface area contributed by atoms with Crippen LogP contribution in [0.15, 0.2) is 53.9 Å². The second kappa shape index (κ2) is 8.15. The number of aromatic nitrogens is 1. The van der Waals surface area contributed by atoms with Crippen molar-refractivity contribution in [3.63, 3.8) is 0 Å². The van der Waals surface area contributed by atoms with E-state index in [1.807, 2.05) is 48.6 Å². The Labute approximate surface area is 158 Å². The average Bonchev–Trinajstić information content (AvgIpc) is 3.11. The van der Waals surface area contributed by atoms with Gasteiger partial charge < -0.3 is 4.90 Å². The van der Waals surface area contributed by atoms with Gasteiger partial charge in [0, 0.05) is 36.3 Å². The van der Waals surface area contributed by atoms with Crippen molar-refractivity contribution in [1.29, 1.82) is 0 Å². The Bertz CT molecular complexity index is 884. The number of hydrogen-bond acceptors (Lipinski definition) is 4. The molecular weight excluding hydrogens is 342 g/mol. The Morgan fingerprint density at radius 2 is 1.92 bits per heavy atom. The van der Waals surface area contributed by atoms with E-state index in [-0.39, 0.29) is 5.91 Å². The normalized spacial score (nSPS) is 10.6. The number of carbonyl (C=O) groups is 1. The third-order valence-electron chi connectivity index (χ3n) is 4.14. The molecule has 2 aromatic carbocycles. The van der Waals surface area contributed by atoms with Gasteiger partial charge in [0.05, 0.1) is 5.69 Å². The number of rotatable bonds is 6. The highest BCUT2D eigenvalue weighted by molar-refractivity contribution is 7.14. The van der Waals surface area contributed by atoms with Crippen LogP contribution >= 0.6 is 11.3 Å². The summed E-state index contributed by atoms with van der Waals surface area (Å²) in [7, 11) is 3.91. The predicted octanol–water partition coefficient (Wildman–Crippen LogP) is 5.08. The molecule has 0 unspecified atom stereocenters. The van der Waals surface area contributed by atoms with E-state index in [1.54, 1.807) is 0 Å². The second-order valence-electron chi connectivity index (χ2n) is 6.38. The first kappa shape index (κ1) is 18.1. The number of amides is 1. The number of hydrogen-bond donors (Lipinski definition) is 1. The molecule has 1 heterocycles. The van der Waals surface area contributed by atoms with Gasteiger partial charge in [-0.3, -0.25) is 10.1 Å². The fourth-order valence-electron chi connectivity index (χ4n) is 2.69. The highest BCUT2D eigenvalue weighted by Gasteiger charge is 2.11. The van der Waals surface area contributed by atoms with Crippen LogP contribution in [0.25, 0.3) is 11.3 Å². The van der Waals surface area contributed by atoms with Gasteiger partial charge in [0.1, 0.15) is 0 Å². The molecule has 3 rings (SSSR count). The van der Waals surface area contributed by atoms with Gasteiger partial charge in [-0.2, -0.15) is 0 Å². The summed E-state index contributed by atoms with van der Waals surface area (Å²) in [6.45, 7) is 2.18. The summed E-state index contributed by atoms with van der Waals surface area (Å²) in [6, 6.07) is 16.0. The van der Waals surface area contributed by atoms with E-state index in [0.717, 1.165) is 29.8 Å². The monoisotopic (exact) mass is 365 g/mol. The Hall–Kier alpha value is -2.66. The van der Waals surface area contributed by atoms with Crippen molar-refractivity contribution in [2.75, 3.05) is 24.3 Å². The van der Waals surface area contributed by atoms with Gasteiger partial charge in [-0.15, -0.1) is 11.3 Å². The standard InChI is InChI=1S/C21H23N3OS/c1-4-6-15-9-11-16(12-10-15)19-14-26-21(22-19)23-20(25)17-7-5-8-18(13-17)24(2)3/h5,7-14H,4,6H2,1-3H3,(H,22,23,25). The molecule has 1 amide bonds. The summed E-state index contributed by atoms with van der Waals surface area (Å²) < 4.78 is 0. The number of benzene rings is 2. The quantitative estimate of drug-likeness (QED) is 0.662. The molecule has 0 aliphatic rings. The lowest BCUT2D eigenvalue weighted by Crippen LogP contribution is -2.14. The van der Waals surface area contributed by atoms with Crippen LogP contribution in [-0.4, -0.2) is 25.0 Å². The lowest BCUT2D eigenvalue weighted by Gasteiger charge is -2.13. The lowest BCUT2D eigenvalue weighted by atomic mass is 10.1. The van der Waals surface area contributed by atoms with Gasteiger partial charge in [0.15, 0.2) is 5.13 Å². The molecule has 0 atom stereocenters. The summed E-state index contributed by atoms with van der Waals surface area (Å²) >= 11 is 1.44. The maximum absolute atomic E-state index is 12.5. The highest BCUT2D eigenvalue weighted by Crippen LogP contribution is 2.26. The molecule has 26 heavy (non-hydrogen) atoms. The SMILES string of the molecule is CCCc1ccc(-c2csc(NC(=O)c3cccc(N(C)C)c3)n2)cc1. The van der Waals surface area contributed by atoms with Gasteiger partial charge in [0.25, 0.3) is 5.91 Å². The number of carbonyl (C=O) groups excluding carboxylic acids is 1. The maximum atomic E-state index is 12.5. The molecule has 0 saturated heterocycles. The van der Waals surface area contributed by atoms with E-state index in [4.69, 9.17) is 0 Å². The first-order chi connectivity index (χ1) is 12.6. The smallest absolute Gasteiger partial charge is 0.257 e. The molecule has 0 spiro atoms. The van der Waals surface area contributed by atoms with E-state index in [0.29, 0.717) is 10.7 Å². The van der Waals surface area contributed by atoms with Crippen molar-refractivity contribution in [3.8, 4) is 11.3 Å². The van der Waals surface area contributed by atoms with Crippen molar-refractivity contribution in [1.82, 2.24) is 4.98 Å². The zero-order chi connectivity index (χ0) is 18.5. The van der Waals surface area contributed by atoms with Crippen molar-refractivity contribution >= 4 is 28.1 Å². The molecule has 1 aromatic heterocycles. The fourth-order valence-corrected chi connectivity index (χ4v) is 3.40. The zero-order valence-corrected chi connectivity index (χ0v) is 16.1. The third kappa shape index (κ3) is 4.29. The largest absolute Gasteiger partial charge is 0.378 e. The van der Waals surface area contributed by atoms with Crippen molar-refractivity contribution in [3.05, 3.63) is 65.0 Å². The summed E-state index contributed by atoms with van der Waals surface area (Å²) in [5.41, 5.74) is 4.90. The minimum Gasteiger partial charge on any atom is -0.378 e. The van der Waals surface area contributed by atoms with Crippen LogP contribution in [-0.2, 0) is 6.42 Å². The summed E-state index contributed by atoms with van der Waals surface area (Å²) in [6.07, 6.45) is 2.23. The van der Waals surface area contributed by atoms with Crippen LogP contribution in [0.2, 0.25) is 0 Å². The van der Waals surface area contributed by atoms with E-state index in [2.05, 4.69) is 41.5 Å². The number of thiazole rings is 1. The lowest BCUT2D eigenvalue weighted by molar-refractivity contribution is 0.102. The Morgan fingerprint density at radius 1 is 1.15 bits per heavy atom. The first-order valence-electron chi connectivity index (χ1n) is 8.70. The van der Waals surface area contributed by atoms with Crippen LogP contribution in [0.3, 0.4) is 0 Å². The molecule has 0 bridgehead atoms. The van der Waals surface area contributed by atoms with E-state index >= 15 is 0 Å². The maximum Gasteiger partial charge on any atom is 0.257 e. The zero-order valence-electron chi connectivity index (χ0n) is 15.3. The van der Waals surface area contributed by atoms with Gasteiger partial charge >= 0.3 is 0 Å². The molecule has 0 fully saturated rings. The van der Waals surface area contributed by atoms with Gasteiger partial charge in [-0.1, -0.05) is 43.7 Å². The van der Waals surface area contributed by atoms with Gasteiger partial charge in [0.2, 0.25) is 0 Å². The molecule has 3 aromatic rings. The second-order valence-corrected chi connectivity index (χ2v) is 7.24. The third-order valence-corrected chi connectivity index (χ3v) is 4.90. The van der Waals surface area contributed by atoms with Crippen LogP contribution in [0, 0.1) is 0 Å². The van der Waals surface area contributed by atoms with Crippen molar-refractivity contribution < 1.29 is 4.79 Å². The highest BCUT2D eigenvalue weighted by atomic mass is 32.1. The number of nitrogens with one attached hydrogen (secondary N) is 1. The molecule has 0 radical (unpaired) electrons. The van der Waals surface area contributed by atoms with Gasteiger partial charge in [-0.25, -0.2) is 4.98 Å². The molecule has 0 saturated carbocycles. The summed E-state index contributed by atoms with van der Waals surface area (Å²) in [5.74, 6) is -0.145. The van der Waals surface area contributed by atoms with Crippen molar-refractivity contribution in [2.24, 2.45) is 0 Å². The Balaban J connectivity index is 1.72. The Kier molecular flexibility index (Phi) is 5.68. The van der Waals surface area contributed by atoms with E-state index in [1.165, 1.54) is 16.9 Å². The molecule has 0 aliphatic heterocycles. The predicted molar refractivity (Wildman–Crippen MR) is 110 cm³/mol. The van der Waals surface area contributed by atoms with Crippen LogP contribution in [0.4, 0.5) is 10.8 Å². The number of nitrogens with zero attached hydrogens (tertiary/aromatic N) is 2. The first-order valence-corrected chi connectivity index (χ1v) is 9.58. The average molecular weight is 366 g/mol. The molecule has 0 aliphatic carbocycles. The van der Waals surface area contributed by atoms with Crippen LogP contribution in [0.1, 0.15) is 29.3 Å². The minimum absolute atomic E-state index is 0.145. The number of aryl methyl sites for hydroxylation is 1. The molecule has 5 heteroatoms. The summed E-state index contributed by atoms with van der Waals surface area (Å²) in [4.78, 5) is 19.0. The van der Waals surface area contributed by atoms with Crippen LogP contribution in [0.5, 0.6) is 0 Å². The molecule has 134 valence electrons. The summed E-state index contributed by atoms with van der Waals surface area (Å²) in [5, 5.41) is 5.48. The Morgan fingerprint density at radius 3 is 2.62 bits per heavy atom. The van der Waals surface area contributed by atoms with Crippen LogP contribution < -0.4 is 10.2 Å². The fraction of sp³-hybridized carbons (Fsp3) is 0.238. The van der Waals surface area contributed by atoms with Gasteiger partial charge in [-0.05, 0) is 30.2 Å². The van der Waals surface area contributed by atoms with E-state index in [9.17, 15) is 4.79 Å². The van der Waals surface area contributed by atoms with E-state index < -0.39 is 0 Å². The molecule has 1 N–H and O–H groups in total. The van der Waals surface area contributed by atoms with Crippen molar-refractivity contribution in [2.45, 2.75) is 19.8 Å². The molecule has 4 nitrogen and oxygen atoms in total. The topological polar surface area (TPSA) is 45.2 Å². The molecular formula is C21H23N3OS. The number of anilines is 2.